The number of benzene rings is 1. The van der Waals surface area contributed by atoms with E-state index in [1.54, 1.807) is 12.1 Å². The molecule has 1 aromatic carbocycles. The van der Waals surface area contributed by atoms with Crippen LogP contribution in [-0.2, 0) is 0 Å². The number of hydrogen-bond donors (Lipinski definition) is 1. The lowest BCUT2D eigenvalue weighted by Gasteiger charge is -2.06. The van der Waals surface area contributed by atoms with E-state index in [1.807, 2.05) is 0 Å². The molecule has 13 heavy (non-hydrogen) atoms. The molecule has 0 radical (unpaired) electrons. The lowest BCUT2D eigenvalue weighted by Crippen LogP contribution is -2.02. The standard InChI is InChI=1S/C9H9ClO3/c10-8-2-1-7(6-12)5-9(8)13-4-3-11/h1-2,5-6,11H,3-4H2. The van der Waals surface area contributed by atoms with E-state index in [0.29, 0.717) is 22.6 Å². The molecule has 4 heteroatoms. The monoisotopic (exact) mass is 200 g/mol. The quantitative estimate of drug-likeness (QED) is 0.750. The van der Waals surface area contributed by atoms with Crippen molar-refractivity contribution in [3.05, 3.63) is 28.8 Å². The average Bonchev–Trinajstić information content (AvgIpc) is 2.17. The van der Waals surface area contributed by atoms with Gasteiger partial charge in [-0.3, -0.25) is 4.79 Å². The van der Waals surface area contributed by atoms with Crippen LogP contribution in [0.15, 0.2) is 18.2 Å². The van der Waals surface area contributed by atoms with Crippen LogP contribution in [-0.4, -0.2) is 24.6 Å². The molecule has 1 rings (SSSR count). The maximum Gasteiger partial charge on any atom is 0.150 e. The van der Waals surface area contributed by atoms with Gasteiger partial charge >= 0.3 is 0 Å². The second-order valence-corrected chi connectivity index (χ2v) is 2.79. The second-order valence-electron chi connectivity index (χ2n) is 2.38. The fourth-order valence-corrected chi connectivity index (χ4v) is 1.03. The minimum absolute atomic E-state index is 0.0817. The number of rotatable bonds is 4. The van der Waals surface area contributed by atoms with Crippen LogP contribution in [0.5, 0.6) is 5.75 Å². The molecule has 0 spiro atoms. The van der Waals surface area contributed by atoms with Crippen molar-refractivity contribution in [1.82, 2.24) is 0 Å². The molecule has 0 fully saturated rings. The van der Waals surface area contributed by atoms with E-state index in [0.717, 1.165) is 0 Å². The highest BCUT2D eigenvalue weighted by molar-refractivity contribution is 6.32. The molecule has 3 nitrogen and oxygen atoms in total. The topological polar surface area (TPSA) is 46.5 Å². The predicted molar refractivity (Wildman–Crippen MR) is 49.4 cm³/mol. The van der Waals surface area contributed by atoms with Crippen LogP contribution in [0.2, 0.25) is 5.02 Å². The van der Waals surface area contributed by atoms with Crippen molar-refractivity contribution in [2.24, 2.45) is 0 Å². The minimum Gasteiger partial charge on any atom is -0.490 e. The minimum atomic E-state index is -0.0817. The third kappa shape index (κ3) is 2.72. The number of aldehydes is 1. The molecule has 0 atom stereocenters. The van der Waals surface area contributed by atoms with Gasteiger partial charge in [0.15, 0.2) is 0 Å². The molecule has 0 aliphatic carbocycles. The number of carbonyl (C=O) groups is 1. The van der Waals surface area contributed by atoms with E-state index in [4.69, 9.17) is 21.4 Å². The fourth-order valence-electron chi connectivity index (χ4n) is 0.859. The van der Waals surface area contributed by atoms with Gasteiger partial charge in [-0.15, -0.1) is 0 Å². The Morgan fingerprint density at radius 3 is 2.92 bits per heavy atom. The van der Waals surface area contributed by atoms with Gasteiger partial charge < -0.3 is 9.84 Å². The Hall–Kier alpha value is -1.06. The number of carbonyl (C=O) groups excluding carboxylic acids is 1. The highest BCUT2D eigenvalue weighted by Crippen LogP contribution is 2.24. The van der Waals surface area contributed by atoms with Crippen LogP contribution in [0.25, 0.3) is 0 Å². The first-order chi connectivity index (χ1) is 6.27. The Morgan fingerprint density at radius 2 is 2.31 bits per heavy atom. The summed E-state index contributed by atoms with van der Waals surface area (Å²) in [5.74, 6) is 0.417. The number of aliphatic hydroxyl groups excluding tert-OH is 1. The number of ether oxygens (including phenoxy) is 1. The molecular formula is C9H9ClO3. The number of hydrogen-bond acceptors (Lipinski definition) is 3. The summed E-state index contributed by atoms with van der Waals surface area (Å²) >= 11 is 5.77. The largest absolute Gasteiger partial charge is 0.490 e. The third-order valence-electron chi connectivity index (χ3n) is 1.44. The molecule has 0 aliphatic rings. The highest BCUT2D eigenvalue weighted by Gasteiger charge is 2.01. The Balaban J connectivity index is 2.83. The zero-order chi connectivity index (χ0) is 9.68. The van der Waals surface area contributed by atoms with Gasteiger partial charge in [-0.05, 0) is 18.2 Å². The van der Waals surface area contributed by atoms with E-state index >= 15 is 0 Å². The first-order valence-electron chi connectivity index (χ1n) is 3.76. The summed E-state index contributed by atoms with van der Waals surface area (Å²) in [5.41, 5.74) is 0.498. The van der Waals surface area contributed by atoms with Crippen molar-refractivity contribution in [3.63, 3.8) is 0 Å². The van der Waals surface area contributed by atoms with Gasteiger partial charge in [0, 0.05) is 5.56 Å². The Kier molecular flexibility index (Phi) is 3.73. The lowest BCUT2D eigenvalue weighted by atomic mass is 10.2. The zero-order valence-corrected chi connectivity index (χ0v) is 7.62. The van der Waals surface area contributed by atoms with Crippen molar-refractivity contribution in [2.45, 2.75) is 0 Å². The Morgan fingerprint density at radius 1 is 1.54 bits per heavy atom. The second kappa shape index (κ2) is 4.84. The van der Waals surface area contributed by atoms with Crippen molar-refractivity contribution < 1.29 is 14.6 Å². The van der Waals surface area contributed by atoms with Crippen LogP contribution in [0.1, 0.15) is 10.4 Å². The van der Waals surface area contributed by atoms with Crippen LogP contribution < -0.4 is 4.74 Å². The molecule has 1 N–H and O–H groups in total. The number of halogens is 1. The maximum atomic E-state index is 10.4. The molecule has 0 heterocycles. The normalized spacial score (nSPS) is 9.69. The van der Waals surface area contributed by atoms with Crippen molar-refractivity contribution in [2.75, 3.05) is 13.2 Å². The molecule has 0 saturated heterocycles. The van der Waals surface area contributed by atoms with Crippen molar-refractivity contribution in [1.29, 1.82) is 0 Å². The van der Waals surface area contributed by atoms with E-state index in [9.17, 15) is 4.79 Å². The molecule has 0 saturated carbocycles. The summed E-state index contributed by atoms with van der Waals surface area (Å²) in [6, 6.07) is 4.71. The molecule has 0 bridgehead atoms. The van der Waals surface area contributed by atoms with Gasteiger partial charge in [-0.25, -0.2) is 0 Å². The van der Waals surface area contributed by atoms with Gasteiger partial charge in [0.2, 0.25) is 0 Å². The van der Waals surface area contributed by atoms with Crippen LogP contribution in [0, 0.1) is 0 Å². The Labute approximate surface area is 80.9 Å². The first kappa shape index (κ1) is 10.0. The molecule has 0 aromatic heterocycles. The molecule has 1 aromatic rings. The maximum absolute atomic E-state index is 10.4. The average molecular weight is 201 g/mol. The predicted octanol–water partition coefficient (Wildman–Crippen LogP) is 1.52. The SMILES string of the molecule is O=Cc1ccc(Cl)c(OCCO)c1. The van der Waals surface area contributed by atoms with Gasteiger partial charge in [-0.1, -0.05) is 11.6 Å². The first-order valence-corrected chi connectivity index (χ1v) is 4.14. The summed E-state index contributed by atoms with van der Waals surface area (Å²) in [6.07, 6.45) is 0.710. The number of aliphatic hydroxyl groups is 1. The Bertz CT molecular complexity index is 299. The van der Waals surface area contributed by atoms with Gasteiger partial charge in [0.05, 0.1) is 11.6 Å². The lowest BCUT2D eigenvalue weighted by molar-refractivity contribution is 0.112. The smallest absolute Gasteiger partial charge is 0.150 e. The van der Waals surface area contributed by atoms with E-state index in [2.05, 4.69) is 0 Å². The summed E-state index contributed by atoms with van der Waals surface area (Å²) in [7, 11) is 0. The van der Waals surface area contributed by atoms with Crippen molar-refractivity contribution in [3.8, 4) is 5.75 Å². The summed E-state index contributed by atoms with van der Waals surface area (Å²) < 4.78 is 5.09. The van der Waals surface area contributed by atoms with Gasteiger partial charge in [0.25, 0.3) is 0 Å². The summed E-state index contributed by atoms with van der Waals surface area (Å²) in [5, 5.41) is 8.94. The molecule has 0 amide bonds. The molecular weight excluding hydrogens is 192 g/mol. The molecule has 70 valence electrons. The third-order valence-corrected chi connectivity index (χ3v) is 1.75. The van der Waals surface area contributed by atoms with Gasteiger partial charge in [0.1, 0.15) is 18.6 Å². The molecule has 0 unspecified atom stereocenters. The molecule has 0 aliphatic heterocycles. The van der Waals surface area contributed by atoms with E-state index in [1.165, 1.54) is 6.07 Å². The highest BCUT2D eigenvalue weighted by atomic mass is 35.5. The van der Waals surface area contributed by atoms with Gasteiger partial charge in [-0.2, -0.15) is 0 Å². The van der Waals surface area contributed by atoms with Crippen LogP contribution in [0.3, 0.4) is 0 Å². The summed E-state index contributed by atoms with van der Waals surface area (Å²) in [4.78, 5) is 10.4. The van der Waals surface area contributed by atoms with Crippen LogP contribution >= 0.6 is 11.6 Å². The zero-order valence-electron chi connectivity index (χ0n) is 6.87. The summed E-state index contributed by atoms with van der Waals surface area (Å²) in [6.45, 7) is 0.0870. The van der Waals surface area contributed by atoms with E-state index < -0.39 is 0 Å². The fraction of sp³-hybridized carbons (Fsp3) is 0.222. The van der Waals surface area contributed by atoms with Crippen LogP contribution in [0.4, 0.5) is 0 Å². The van der Waals surface area contributed by atoms with E-state index in [-0.39, 0.29) is 13.2 Å². The van der Waals surface area contributed by atoms with Crippen molar-refractivity contribution >= 4 is 17.9 Å².